The van der Waals surface area contributed by atoms with Crippen molar-refractivity contribution >= 4 is 27.6 Å². The van der Waals surface area contributed by atoms with Crippen LogP contribution in [0, 0.1) is 0 Å². The molecule has 8 nitrogen and oxygen atoms in total. The Labute approximate surface area is 157 Å². The summed E-state index contributed by atoms with van der Waals surface area (Å²) < 4.78 is 29.8. The van der Waals surface area contributed by atoms with Crippen molar-refractivity contribution in [3.8, 4) is 0 Å². The number of sulfonamides is 1. The van der Waals surface area contributed by atoms with Gasteiger partial charge in [-0.15, -0.1) is 0 Å². The van der Waals surface area contributed by atoms with E-state index in [1.807, 2.05) is 0 Å². The summed E-state index contributed by atoms with van der Waals surface area (Å²) in [6.45, 7) is -0.583. The number of hydrogen-bond donors (Lipinski definition) is 2. The highest BCUT2D eigenvalue weighted by atomic mass is 32.2. The number of aliphatic hydroxyl groups is 1. The van der Waals surface area contributed by atoms with Crippen LogP contribution in [-0.2, 0) is 24.3 Å². The van der Waals surface area contributed by atoms with Crippen LogP contribution in [-0.4, -0.2) is 50.4 Å². The lowest BCUT2D eigenvalue weighted by atomic mass is 10.1. The molecule has 0 heterocycles. The minimum absolute atomic E-state index is 0.0860. The molecule has 9 heteroatoms. The van der Waals surface area contributed by atoms with Crippen molar-refractivity contribution in [1.29, 1.82) is 0 Å². The van der Waals surface area contributed by atoms with E-state index in [0.29, 0.717) is 11.3 Å². The number of nitrogens with one attached hydrogen (secondary N) is 1. The Morgan fingerprint density at radius 3 is 2.22 bits per heavy atom. The number of esters is 1. The summed E-state index contributed by atoms with van der Waals surface area (Å²) in [4.78, 5) is 23.8. The molecule has 2 aromatic rings. The molecule has 0 saturated carbocycles. The molecule has 0 spiro atoms. The maximum absolute atomic E-state index is 12.0. The molecule has 0 aromatic heterocycles. The van der Waals surface area contributed by atoms with Gasteiger partial charge in [0.25, 0.3) is 5.91 Å². The zero-order valence-electron chi connectivity index (χ0n) is 14.8. The highest BCUT2D eigenvalue weighted by Crippen LogP contribution is 2.17. The van der Waals surface area contributed by atoms with Crippen LogP contribution in [0.3, 0.4) is 0 Å². The van der Waals surface area contributed by atoms with E-state index in [2.05, 4.69) is 5.32 Å². The number of hydrogen-bond acceptors (Lipinski definition) is 6. The summed E-state index contributed by atoms with van der Waals surface area (Å²) in [5, 5.41) is 12.4. The van der Waals surface area contributed by atoms with E-state index in [0.717, 1.165) is 4.31 Å². The lowest BCUT2D eigenvalue weighted by molar-refractivity contribution is -0.156. The van der Waals surface area contributed by atoms with Gasteiger partial charge in [0.2, 0.25) is 10.0 Å². The average molecular weight is 392 g/mol. The van der Waals surface area contributed by atoms with Gasteiger partial charge in [-0.05, 0) is 29.8 Å². The highest BCUT2D eigenvalue weighted by molar-refractivity contribution is 7.89. The molecule has 1 atom stereocenters. The second-order valence-corrected chi connectivity index (χ2v) is 7.93. The van der Waals surface area contributed by atoms with Crippen molar-refractivity contribution in [2.24, 2.45) is 0 Å². The zero-order valence-corrected chi connectivity index (χ0v) is 15.6. The van der Waals surface area contributed by atoms with Crippen molar-refractivity contribution in [2.75, 3.05) is 26.0 Å². The predicted octanol–water partition coefficient (Wildman–Crippen LogP) is 1.15. The molecule has 0 aliphatic heterocycles. The van der Waals surface area contributed by atoms with Gasteiger partial charge >= 0.3 is 5.97 Å². The first-order valence-electron chi connectivity index (χ1n) is 7.94. The third-order valence-electron chi connectivity index (χ3n) is 3.60. The molecule has 0 bridgehead atoms. The Morgan fingerprint density at radius 1 is 1.07 bits per heavy atom. The molecule has 2 aromatic carbocycles. The fourth-order valence-corrected chi connectivity index (χ4v) is 3.01. The van der Waals surface area contributed by atoms with E-state index in [1.165, 1.54) is 38.4 Å². The molecule has 0 saturated heterocycles. The Hall–Kier alpha value is -2.75. The number of ether oxygens (including phenoxy) is 1. The van der Waals surface area contributed by atoms with Gasteiger partial charge in [-0.2, -0.15) is 0 Å². The number of anilines is 1. The summed E-state index contributed by atoms with van der Waals surface area (Å²) in [7, 11) is -0.716. The Morgan fingerprint density at radius 2 is 1.67 bits per heavy atom. The van der Waals surface area contributed by atoms with Crippen LogP contribution in [0.15, 0.2) is 59.5 Å². The second-order valence-electron chi connectivity index (χ2n) is 5.78. The smallest absolute Gasteiger partial charge is 0.340 e. The lowest BCUT2D eigenvalue weighted by Gasteiger charge is -2.12. The molecule has 0 radical (unpaired) electrons. The van der Waals surface area contributed by atoms with Crippen molar-refractivity contribution < 1.29 is 27.9 Å². The summed E-state index contributed by atoms with van der Waals surface area (Å²) >= 11 is 0. The summed E-state index contributed by atoms with van der Waals surface area (Å²) in [6, 6.07) is 13.8. The maximum Gasteiger partial charge on any atom is 0.340 e. The van der Waals surface area contributed by atoms with Crippen molar-refractivity contribution in [1.82, 2.24) is 4.31 Å². The van der Waals surface area contributed by atoms with Gasteiger partial charge in [-0.1, -0.05) is 30.3 Å². The van der Waals surface area contributed by atoms with Crippen LogP contribution in [0.25, 0.3) is 0 Å². The van der Waals surface area contributed by atoms with Gasteiger partial charge in [-0.25, -0.2) is 17.5 Å². The van der Waals surface area contributed by atoms with E-state index in [9.17, 15) is 23.1 Å². The number of carbonyl (C=O) groups is 2. The van der Waals surface area contributed by atoms with Crippen molar-refractivity contribution in [2.45, 2.75) is 11.0 Å². The number of carbonyl (C=O) groups excluding carboxylic acids is 2. The number of benzene rings is 2. The standard InChI is InChI=1S/C18H20N2O6S/c1-20(2)27(24,25)15-10-8-14(9-11-15)19-16(21)12-26-18(23)17(22)13-6-4-3-5-7-13/h3-11,17,22H,12H2,1-2H3,(H,19,21)/t17-/m1/s1. The molecule has 2 rings (SSSR count). The Balaban J connectivity index is 1.90. The van der Waals surface area contributed by atoms with Gasteiger partial charge in [0.15, 0.2) is 12.7 Å². The minimum atomic E-state index is -3.56. The molecule has 0 aliphatic rings. The van der Waals surface area contributed by atoms with E-state index in [4.69, 9.17) is 4.74 Å². The van der Waals surface area contributed by atoms with Crippen LogP contribution >= 0.6 is 0 Å². The van der Waals surface area contributed by atoms with E-state index >= 15 is 0 Å². The van der Waals surface area contributed by atoms with Crippen molar-refractivity contribution in [3.63, 3.8) is 0 Å². The molecular formula is C18H20N2O6S. The van der Waals surface area contributed by atoms with Crippen LogP contribution < -0.4 is 5.32 Å². The first kappa shape index (κ1) is 20.6. The molecule has 0 fully saturated rings. The highest BCUT2D eigenvalue weighted by Gasteiger charge is 2.20. The number of rotatable bonds is 7. The lowest BCUT2D eigenvalue weighted by Crippen LogP contribution is -2.24. The Kier molecular flexibility index (Phi) is 6.67. The molecule has 144 valence electrons. The summed E-state index contributed by atoms with van der Waals surface area (Å²) in [6.07, 6.45) is -1.48. The van der Waals surface area contributed by atoms with Gasteiger partial charge < -0.3 is 15.2 Å². The largest absolute Gasteiger partial charge is 0.453 e. The molecule has 27 heavy (non-hydrogen) atoms. The first-order valence-corrected chi connectivity index (χ1v) is 9.38. The van der Waals surface area contributed by atoms with Crippen LogP contribution in [0.5, 0.6) is 0 Å². The van der Waals surface area contributed by atoms with E-state index < -0.39 is 34.6 Å². The monoisotopic (exact) mass is 392 g/mol. The second kappa shape index (κ2) is 8.76. The third kappa shape index (κ3) is 5.36. The normalized spacial score (nSPS) is 12.4. The minimum Gasteiger partial charge on any atom is -0.453 e. The fourth-order valence-electron chi connectivity index (χ4n) is 2.11. The van der Waals surface area contributed by atoms with Gasteiger partial charge in [0, 0.05) is 19.8 Å². The fraction of sp³-hybridized carbons (Fsp3) is 0.222. The topological polar surface area (TPSA) is 113 Å². The first-order chi connectivity index (χ1) is 12.7. The van der Waals surface area contributed by atoms with Crippen LogP contribution in [0.4, 0.5) is 5.69 Å². The van der Waals surface area contributed by atoms with Crippen LogP contribution in [0.1, 0.15) is 11.7 Å². The summed E-state index contributed by atoms with van der Waals surface area (Å²) in [5.74, 6) is -1.56. The number of amides is 1. The van der Waals surface area contributed by atoms with E-state index in [1.54, 1.807) is 30.3 Å². The molecule has 0 unspecified atom stereocenters. The third-order valence-corrected chi connectivity index (χ3v) is 5.43. The van der Waals surface area contributed by atoms with Crippen LogP contribution in [0.2, 0.25) is 0 Å². The molecule has 1 amide bonds. The quantitative estimate of drug-likeness (QED) is 0.684. The van der Waals surface area contributed by atoms with Gasteiger partial charge in [0.1, 0.15) is 0 Å². The van der Waals surface area contributed by atoms with E-state index in [-0.39, 0.29) is 4.90 Å². The average Bonchev–Trinajstić information content (AvgIpc) is 2.66. The molecule has 0 aliphatic carbocycles. The number of nitrogens with zero attached hydrogens (tertiary/aromatic N) is 1. The molecule has 2 N–H and O–H groups in total. The maximum atomic E-state index is 12.0. The number of aliphatic hydroxyl groups excluding tert-OH is 1. The van der Waals surface area contributed by atoms with Gasteiger partial charge in [-0.3, -0.25) is 4.79 Å². The summed E-state index contributed by atoms with van der Waals surface area (Å²) in [5.41, 5.74) is 0.706. The van der Waals surface area contributed by atoms with Gasteiger partial charge in [0.05, 0.1) is 4.90 Å². The Bertz CT molecular complexity index is 895. The van der Waals surface area contributed by atoms with Crippen molar-refractivity contribution in [3.05, 3.63) is 60.2 Å². The predicted molar refractivity (Wildman–Crippen MR) is 98.3 cm³/mol. The zero-order chi connectivity index (χ0) is 20.0. The SMILES string of the molecule is CN(C)S(=O)(=O)c1ccc(NC(=O)COC(=O)[C@H](O)c2ccccc2)cc1. The molecular weight excluding hydrogens is 372 g/mol.